The summed E-state index contributed by atoms with van der Waals surface area (Å²) < 4.78 is 0. The van der Waals surface area contributed by atoms with Crippen molar-refractivity contribution in [2.24, 2.45) is 17.3 Å². The fraction of sp³-hybridized carbons (Fsp3) is 1.00. The van der Waals surface area contributed by atoms with E-state index in [1.807, 2.05) is 0 Å². The van der Waals surface area contributed by atoms with Crippen molar-refractivity contribution in [3.63, 3.8) is 0 Å². The van der Waals surface area contributed by atoms with Gasteiger partial charge in [0.05, 0.1) is 5.60 Å². The summed E-state index contributed by atoms with van der Waals surface area (Å²) in [5.74, 6) is 1.72. The molecule has 2 heteroatoms. The molecule has 76 valence electrons. The lowest BCUT2D eigenvalue weighted by Gasteiger charge is -2.59. The first-order valence-electron chi connectivity index (χ1n) is 5.29. The van der Waals surface area contributed by atoms with Crippen molar-refractivity contribution >= 4 is 0 Å². The van der Waals surface area contributed by atoms with Crippen LogP contribution in [-0.4, -0.2) is 10.7 Å². The smallest absolute Gasteiger partial charge is 0.0658 e. The minimum absolute atomic E-state index is 0. The highest BCUT2D eigenvalue weighted by Gasteiger charge is 2.54. The average Bonchev–Trinajstić information content (AvgIpc) is 1.75. The maximum absolute atomic E-state index is 10.3. The molecule has 0 aromatic rings. The summed E-state index contributed by atoms with van der Waals surface area (Å²) in [6, 6.07) is 0. The van der Waals surface area contributed by atoms with E-state index < -0.39 is 0 Å². The molecule has 0 amide bonds. The Labute approximate surface area is 80.3 Å². The molecule has 4 bridgehead atoms. The van der Waals surface area contributed by atoms with Gasteiger partial charge in [0.2, 0.25) is 0 Å². The Hall–Kier alpha value is -0.0800. The van der Waals surface area contributed by atoms with E-state index in [-0.39, 0.29) is 11.8 Å². The predicted molar refractivity (Wildman–Crippen MR) is 52.8 cm³/mol. The van der Waals surface area contributed by atoms with Crippen LogP contribution < -0.4 is 6.15 Å². The van der Waals surface area contributed by atoms with Crippen molar-refractivity contribution in [1.82, 2.24) is 6.15 Å². The van der Waals surface area contributed by atoms with Gasteiger partial charge in [0.25, 0.3) is 0 Å². The Morgan fingerprint density at radius 3 is 2.00 bits per heavy atom. The third-order valence-electron chi connectivity index (χ3n) is 4.32. The van der Waals surface area contributed by atoms with E-state index in [1.165, 1.54) is 19.3 Å². The highest BCUT2D eigenvalue weighted by Crippen LogP contribution is 2.61. The zero-order valence-corrected chi connectivity index (χ0v) is 8.55. The maximum Gasteiger partial charge on any atom is 0.0658 e. The van der Waals surface area contributed by atoms with Gasteiger partial charge in [-0.2, -0.15) is 0 Å². The molecule has 4 aliphatic rings. The van der Waals surface area contributed by atoms with Crippen molar-refractivity contribution < 1.29 is 5.11 Å². The fourth-order valence-corrected chi connectivity index (χ4v) is 4.67. The van der Waals surface area contributed by atoms with Crippen molar-refractivity contribution in [3.05, 3.63) is 0 Å². The van der Waals surface area contributed by atoms with Gasteiger partial charge in [-0.05, 0) is 55.8 Å². The van der Waals surface area contributed by atoms with Crippen LogP contribution in [0.1, 0.15) is 45.4 Å². The first kappa shape index (κ1) is 9.47. The van der Waals surface area contributed by atoms with Crippen LogP contribution >= 0.6 is 0 Å². The van der Waals surface area contributed by atoms with Gasteiger partial charge in [-0.25, -0.2) is 0 Å². The van der Waals surface area contributed by atoms with E-state index in [2.05, 4.69) is 6.92 Å². The van der Waals surface area contributed by atoms with Crippen molar-refractivity contribution in [2.75, 3.05) is 0 Å². The van der Waals surface area contributed by atoms with Gasteiger partial charge in [-0.3, -0.25) is 0 Å². The lowest BCUT2D eigenvalue weighted by molar-refractivity contribution is -0.157. The molecule has 0 aromatic carbocycles. The largest absolute Gasteiger partial charge is 0.390 e. The summed E-state index contributed by atoms with van der Waals surface area (Å²) >= 11 is 0. The minimum Gasteiger partial charge on any atom is -0.390 e. The van der Waals surface area contributed by atoms with Crippen LogP contribution in [-0.2, 0) is 0 Å². The van der Waals surface area contributed by atoms with Crippen LogP contribution in [0.3, 0.4) is 0 Å². The first-order valence-corrected chi connectivity index (χ1v) is 5.29. The van der Waals surface area contributed by atoms with Crippen LogP contribution in [0.5, 0.6) is 0 Å². The molecule has 2 nitrogen and oxygen atoms in total. The van der Waals surface area contributed by atoms with Gasteiger partial charge < -0.3 is 11.3 Å². The number of aliphatic hydroxyl groups is 1. The zero-order valence-electron chi connectivity index (χ0n) is 8.55. The molecule has 4 saturated carbocycles. The Bertz CT molecular complexity index is 192. The molecular formula is C11H21NO. The standard InChI is InChI=1S/C11H18O.H3N/c1-10-3-8-2-9(4-10)6-11(12,5-8)7-10;/h8-9,12H,2-7H2,1H3;1H3. The average molecular weight is 183 g/mol. The van der Waals surface area contributed by atoms with Crippen LogP contribution in [0.15, 0.2) is 0 Å². The maximum atomic E-state index is 10.3. The van der Waals surface area contributed by atoms with Crippen LogP contribution in [0.4, 0.5) is 0 Å². The molecule has 4 aliphatic carbocycles. The quantitative estimate of drug-likeness (QED) is 0.606. The molecule has 0 aromatic heterocycles. The summed E-state index contributed by atoms with van der Waals surface area (Å²) in [5.41, 5.74) is 0.275. The van der Waals surface area contributed by atoms with E-state index in [1.54, 1.807) is 0 Å². The zero-order chi connectivity index (χ0) is 8.40. The molecule has 0 aliphatic heterocycles. The molecule has 13 heavy (non-hydrogen) atoms. The second-order valence-corrected chi connectivity index (χ2v) is 6.00. The summed E-state index contributed by atoms with van der Waals surface area (Å²) in [7, 11) is 0. The molecule has 0 saturated heterocycles. The topological polar surface area (TPSA) is 55.2 Å². The van der Waals surface area contributed by atoms with E-state index in [4.69, 9.17) is 0 Å². The molecule has 4 N–H and O–H groups in total. The Morgan fingerprint density at radius 1 is 1.08 bits per heavy atom. The Balaban J connectivity index is 0.000000653. The lowest BCUT2D eigenvalue weighted by Crippen LogP contribution is -2.54. The van der Waals surface area contributed by atoms with E-state index >= 15 is 0 Å². The van der Waals surface area contributed by atoms with Gasteiger partial charge >= 0.3 is 0 Å². The second-order valence-electron chi connectivity index (χ2n) is 6.00. The lowest BCUT2D eigenvalue weighted by atomic mass is 9.48. The summed E-state index contributed by atoms with van der Waals surface area (Å²) in [4.78, 5) is 0. The molecule has 0 heterocycles. The van der Waals surface area contributed by atoms with Gasteiger partial charge in [0.1, 0.15) is 0 Å². The normalized spacial score (nSPS) is 57.7. The van der Waals surface area contributed by atoms with Gasteiger partial charge in [0, 0.05) is 0 Å². The Morgan fingerprint density at radius 2 is 1.62 bits per heavy atom. The summed E-state index contributed by atoms with van der Waals surface area (Å²) in [6.45, 7) is 2.38. The molecule has 2 atom stereocenters. The van der Waals surface area contributed by atoms with Crippen LogP contribution in [0.25, 0.3) is 0 Å². The van der Waals surface area contributed by atoms with Crippen molar-refractivity contribution in [1.29, 1.82) is 0 Å². The third-order valence-corrected chi connectivity index (χ3v) is 4.32. The molecular weight excluding hydrogens is 162 g/mol. The monoisotopic (exact) mass is 183 g/mol. The molecule has 4 rings (SSSR count). The van der Waals surface area contributed by atoms with E-state index in [0.717, 1.165) is 31.1 Å². The SMILES string of the molecule is CC12CC3CC(C1)CC(O)(C3)C2.N. The van der Waals surface area contributed by atoms with Gasteiger partial charge in [0.15, 0.2) is 0 Å². The number of hydrogen-bond donors (Lipinski definition) is 2. The molecule has 4 fully saturated rings. The fourth-order valence-electron chi connectivity index (χ4n) is 4.67. The van der Waals surface area contributed by atoms with Gasteiger partial charge in [-0.1, -0.05) is 6.92 Å². The first-order chi connectivity index (χ1) is 5.57. The van der Waals surface area contributed by atoms with E-state index in [9.17, 15) is 5.11 Å². The molecule has 0 spiro atoms. The highest BCUT2D eigenvalue weighted by molar-refractivity contribution is 5.06. The molecule has 0 radical (unpaired) electrons. The van der Waals surface area contributed by atoms with Crippen LogP contribution in [0.2, 0.25) is 0 Å². The summed E-state index contributed by atoms with van der Waals surface area (Å²) in [6.07, 6.45) is 7.51. The number of hydrogen-bond acceptors (Lipinski definition) is 2. The summed E-state index contributed by atoms with van der Waals surface area (Å²) in [5, 5.41) is 10.3. The highest BCUT2D eigenvalue weighted by atomic mass is 16.3. The van der Waals surface area contributed by atoms with Crippen LogP contribution in [0, 0.1) is 17.3 Å². The number of rotatable bonds is 0. The minimum atomic E-state index is -0.237. The predicted octanol–water partition coefficient (Wildman–Crippen LogP) is 2.50. The van der Waals surface area contributed by atoms with Gasteiger partial charge in [-0.15, -0.1) is 0 Å². The van der Waals surface area contributed by atoms with E-state index in [0.29, 0.717) is 5.41 Å². The third kappa shape index (κ3) is 1.31. The Kier molecular flexibility index (Phi) is 1.81. The van der Waals surface area contributed by atoms with Crippen molar-refractivity contribution in [2.45, 2.75) is 51.0 Å². The van der Waals surface area contributed by atoms with Crippen molar-refractivity contribution in [3.8, 4) is 0 Å². The molecule has 2 unspecified atom stereocenters. The second kappa shape index (κ2) is 2.48.